The topological polar surface area (TPSA) is 103 Å². The molecule has 1 amide bonds. The van der Waals surface area contributed by atoms with Gasteiger partial charge in [0.2, 0.25) is 5.91 Å². The van der Waals surface area contributed by atoms with Crippen LogP contribution >= 0.6 is 11.8 Å². The number of nitrogens with zero attached hydrogens (tertiary/aromatic N) is 2. The van der Waals surface area contributed by atoms with Gasteiger partial charge in [-0.25, -0.2) is 0 Å². The summed E-state index contributed by atoms with van der Waals surface area (Å²) < 4.78 is 0. The fourth-order valence-electron chi connectivity index (χ4n) is 2.92. The molecule has 2 rings (SSSR count). The molecule has 2 heterocycles. The van der Waals surface area contributed by atoms with Crippen LogP contribution in [-0.4, -0.2) is 77.7 Å². The molecule has 0 aliphatic carbocycles. The molecule has 0 bridgehead atoms. The van der Waals surface area contributed by atoms with Crippen LogP contribution in [0.4, 0.5) is 0 Å². The molecule has 1 atom stereocenters. The third kappa shape index (κ3) is 6.19. The average molecular weight is 343 g/mol. The number of carbonyl (C=O) groups excluding carboxylic acids is 1. The van der Waals surface area contributed by atoms with Gasteiger partial charge >= 0.3 is 0 Å². The molecule has 2 fully saturated rings. The van der Waals surface area contributed by atoms with Gasteiger partial charge in [-0.3, -0.25) is 14.7 Å². The van der Waals surface area contributed by atoms with Gasteiger partial charge < -0.3 is 21.5 Å². The lowest BCUT2D eigenvalue weighted by Crippen LogP contribution is -2.50. The molecule has 1 unspecified atom stereocenters. The minimum Gasteiger partial charge on any atom is -0.387 e. The molecule has 0 radical (unpaired) electrons. The third-order valence-electron chi connectivity index (χ3n) is 4.27. The highest BCUT2D eigenvalue weighted by atomic mass is 32.2. The molecule has 5 N–H and O–H groups in total. The molecule has 0 spiro atoms. The third-order valence-corrected chi connectivity index (χ3v) is 5.50. The second-order valence-corrected chi connectivity index (χ2v) is 7.49. The van der Waals surface area contributed by atoms with Crippen molar-refractivity contribution in [2.45, 2.75) is 37.8 Å². The Kier molecular flexibility index (Phi) is 6.98. The fraction of sp³-hybridized carbons (Fsp3) is 0.867. The molecule has 0 aromatic rings. The van der Waals surface area contributed by atoms with Gasteiger partial charge in [-0.2, -0.15) is 11.8 Å². The molecule has 7 nitrogen and oxygen atoms in total. The number of nitrogens with one attached hydrogen (secondary N) is 2. The number of primary amides is 1. The van der Waals surface area contributed by atoms with Crippen LogP contribution in [0.15, 0.2) is 4.99 Å². The first kappa shape index (κ1) is 18.4. The van der Waals surface area contributed by atoms with E-state index in [-0.39, 0.29) is 5.91 Å². The zero-order valence-corrected chi connectivity index (χ0v) is 14.7. The Morgan fingerprint density at radius 1 is 1.48 bits per heavy atom. The lowest BCUT2D eigenvalue weighted by atomic mass is 10.0. The molecular weight excluding hydrogens is 314 g/mol. The van der Waals surface area contributed by atoms with E-state index in [9.17, 15) is 9.90 Å². The van der Waals surface area contributed by atoms with Crippen LogP contribution in [0.3, 0.4) is 0 Å². The van der Waals surface area contributed by atoms with Gasteiger partial charge in [0.05, 0.1) is 18.7 Å². The quantitative estimate of drug-likeness (QED) is 0.378. The van der Waals surface area contributed by atoms with Crippen LogP contribution < -0.4 is 16.4 Å². The molecule has 132 valence electrons. The Morgan fingerprint density at radius 3 is 2.78 bits per heavy atom. The van der Waals surface area contributed by atoms with Crippen LogP contribution in [0.5, 0.6) is 0 Å². The highest BCUT2D eigenvalue weighted by Gasteiger charge is 2.31. The summed E-state index contributed by atoms with van der Waals surface area (Å²) in [6, 6.07) is 0.338. The Balaban J connectivity index is 1.81. The van der Waals surface area contributed by atoms with Crippen molar-refractivity contribution in [2.75, 3.05) is 44.2 Å². The summed E-state index contributed by atoms with van der Waals surface area (Å²) in [6.45, 7) is 5.33. The summed E-state index contributed by atoms with van der Waals surface area (Å²) in [6.07, 6.45) is 2.72. The van der Waals surface area contributed by atoms with Gasteiger partial charge in [-0.05, 0) is 31.9 Å². The van der Waals surface area contributed by atoms with Crippen LogP contribution in [0, 0.1) is 0 Å². The van der Waals surface area contributed by atoms with E-state index in [4.69, 9.17) is 5.73 Å². The largest absolute Gasteiger partial charge is 0.387 e. The van der Waals surface area contributed by atoms with Gasteiger partial charge in [0.1, 0.15) is 0 Å². The average Bonchev–Trinajstić information content (AvgIpc) is 2.94. The van der Waals surface area contributed by atoms with Crippen molar-refractivity contribution >= 4 is 23.6 Å². The predicted molar refractivity (Wildman–Crippen MR) is 94.7 cm³/mol. The van der Waals surface area contributed by atoms with E-state index in [2.05, 4.69) is 20.5 Å². The lowest BCUT2D eigenvalue weighted by Gasteiger charge is -2.32. The number of hydrogen-bond donors (Lipinski definition) is 4. The maximum atomic E-state index is 11.0. The van der Waals surface area contributed by atoms with E-state index in [0.29, 0.717) is 19.1 Å². The molecular formula is C15H29N5O2S. The second kappa shape index (κ2) is 8.75. The van der Waals surface area contributed by atoms with Gasteiger partial charge in [-0.15, -0.1) is 0 Å². The highest BCUT2D eigenvalue weighted by molar-refractivity contribution is 7.99. The van der Waals surface area contributed by atoms with E-state index in [1.807, 2.05) is 6.92 Å². The van der Waals surface area contributed by atoms with Crippen molar-refractivity contribution in [3.05, 3.63) is 0 Å². The molecule has 23 heavy (non-hydrogen) atoms. The highest BCUT2D eigenvalue weighted by Crippen LogP contribution is 2.27. The Morgan fingerprint density at radius 2 is 2.22 bits per heavy atom. The Bertz CT molecular complexity index is 418. The monoisotopic (exact) mass is 343 g/mol. The number of likely N-dealkylation sites (tertiary alicyclic amines) is 1. The summed E-state index contributed by atoms with van der Waals surface area (Å²) in [5.41, 5.74) is 4.58. The predicted octanol–water partition coefficient (Wildman–Crippen LogP) is -0.641. The minimum absolute atomic E-state index is 0.269. The summed E-state index contributed by atoms with van der Waals surface area (Å²) in [5, 5.41) is 17.1. The number of aliphatic hydroxyl groups is 1. The number of rotatable bonds is 6. The van der Waals surface area contributed by atoms with Gasteiger partial charge in [-0.1, -0.05) is 0 Å². The molecule has 2 saturated heterocycles. The first-order valence-corrected chi connectivity index (χ1v) is 9.52. The van der Waals surface area contributed by atoms with E-state index < -0.39 is 5.60 Å². The number of aliphatic imine (C=N–C) groups is 1. The molecule has 0 aromatic carbocycles. The van der Waals surface area contributed by atoms with Crippen LogP contribution in [0.25, 0.3) is 0 Å². The smallest absolute Gasteiger partial charge is 0.231 e. The normalized spacial score (nSPS) is 27.1. The number of guanidine groups is 1. The van der Waals surface area contributed by atoms with Crippen molar-refractivity contribution in [3.63, 3.8) is 0 Å². The van der Waals surface area contributed by atoms with Crippen molar-refractivity contribution in [1.29, 1.82) is 0 Å². The molecule has 0 saturated carbocycles. The zero-order valence-electron chi connectivity index (χ0n) is 13.9. The number of amides is 1. The van der Waals surface area contributed by atoms with Crippen LogP contribution in [0.2, 0.25) is 0 Å². The summed E-state index contributed by atoms with van der Waals surface area (Å²) in [7, 11) is 0. The van der Waals surface area contributed by atoms with E-state index in [1.165, 1.54) is 0 Å². The van der Waals surface area contributed by atoms with E-state index >= 15 is 0 Å². The minimum atomic E-state index is -0.655. The maximum absolute atomic E-state index is 11.0. The van der Waals surface area contributed by atoms with E-state index in [1.54, 1.807) is 11.8 Å². The zero-order chi connectivity index (χ0) is 16.7. The fourth-order valence-corrected chi connectivity index (χ4v) is 4.20. The SMILES string of the molecule is CCNC(=NCC1(O)CCSC1)NC1CCN(CC(N)=O)CC1. The Hall–Kier alpha value is -0.990. The lowest BCUT2D eigenvalue weighted by molar-refractivity contribution is -0.119. The van der Waals surface area contributed by atoms with Gasteiger partial charge in [0.25, 0.3) is 0 Å². The van der Waals surface area contributed by atoms with Crippen LogP contribution in [-0.2, 0) is 4.79 Å². The number of hydrogen-bond acceptors (Lipinski definition) is 5. The van der Waals surface area contributed by atoms with Gasteiger partial charge in [0, 0.05) is 31.4 Å². The first-order valence-electron chi connectivity index (χ1n) is 8.36. The number of nitrogens with two attached hydrogens (primary N) is 1. The van der Waals surface area contributed by atoms with E-state index in [0.717, 1.165) is 56.4 Å². The second-order valence-electron chi connectivity index (χ2n) is 6.38. The Labute approximate surface area is 142 Å². The standard InChI is InChI=1S/C15H29N5O2S/c1-2-17-14(18-10-15(22)5-8-23-11-15)19-12-3-6-20(7-4-12)9-13(16)21/h12,22H,2-11H2,1H3,(H2,16,21)(H2,17,18,19). The van der Waals surface area contributed by atoms with Crippen molar-refractivity contribution in [2.24, 2.45) is 10.7 Å². The van der Waals surface area contributed by atoms with Crippen LogP contribution in [0.1, 0.15) is 26.2 Å². The number of piperidine rings is 1. The maximum Gasteiger partial charge on any atom is 0.231 e. The summed E-state index contributed by atoms with van der Waals surface area (Å²) in [5.74, 6) is 2.27. The van der Waals surface area contributed by atoms with Crippen molar-refractivity contribution in [3.8, 4) is 0 Å². The number of thioether (sulfide) groups is 1. The molecule has 2 aliphatic heterocycles. The molecule has 0 aromatic heterocycles. The first-order chi connectivity index (χ1) is 11.0. The summed E-state index contributed by atoms with van der Waals surface area (Å²) in [4.78, 5) is 17.6. The molecule has 8 heteroatoms. The summed E-state index contributed by atoms with van der Waals surface area (Å²) >= 11 is 1.78. The molecule has 2 aliphatic rings. The van der Waals surface area contributed by atoms with Crippen molar-refractivity contribution in [1.82, 2.24) is 15.5 Å². The van der Waals surface area contributed by atoms with Crippen molar-refractivity contribution < 1.29 is 9.90 Å². The van der Waals surface area contributed by atoms with Gasteiger partial charge in [0.15, 0.2) is 5.96 Å². The number of carbonyl (C=O) groups is 1.